The predicted molar refractivity (Wildman–Crippen MR) is 73.3 cm³/mol. The van der Waals surface area contributed by atoms with Crippen molar-refractivity contribution >= 4 is 11.8 Å². The minimum Gasteiger partial charge on any atom is -0.352 e. The average Bonchev–Trinajstić information content (AvgIpc) is 2.47. The van der Waals surface area contributed by atoms with Gasteiger partial charge in [-0.3, -0.25) is 9.59 Å². The Balaban J connectivity index is 1.74. The molecule has 1 saturated heterocycles. The highest BCUT2D eigenvalue weighted by Crippen LogP contribution is 2.10. The molecule has 0 radical (unpaired) electrons. The molecule has 0 bridgehead atoms. The first-order valence-electron chi connectivity index (χ1n) is 6.94. The normalized spacial score (nSPS) is 14.9. The van der Waals surface area contributed by atoms with Crippen molar-refractivity contribution in [2.24, 2.45) is 0 Å². The molecule has 0 spiro atoms. The summed E-state index contributed by atoms with van der Waals surface area (Å²) < 4.78 is 12.7. The highest BCUT2D eigenvalue weighted by atomic mass is 19.1. The van der Waals surface area contributed by atoms with Crippen LogP contribution >= 0.6 is 0 Å². The van der Waals surface area contributed by atoms with Crippen molar-refractivity contribution in [2.45, 2.75) is 32.2 Å². The molecule has 1 fully saturated rings. The summed E-state index contributed by atoms with van der Waals surface area (Å²) in [6.07, 6.45) is 3.08. The number of nitrogens with one attached hydrogen (secondary N) is 1. The van der Waals surface area contributed by atoms with Crippen LogP contribution in [0.5, 0.6) is 0 Å². The molecule has 0 unspecified atom stereocenters. The molecular formula is C15H19FN2O2. The first-order chi connectivity index (χ1) is 9.65. The van der Waals surface area contributed by atoms with Crippen LogP contribution in [0.1, 0.15) is 31.2 Å². The minimum atomic E-state index is -0.305. The molecule has 0 atom stereocenters. The van der Waals surface area contributed by atoms with E-state index in [1.165, 1.54) is 12.1 Å². The number of hydrogen-bond donors (Lipinski definition) is 1. The van der Waals surface area contributed by atoms with Gasteiger partial charge in [0.2, 0.25) is 11.8 Å². The zero-order valence-corrected chi connectivity index (χ0v) is 11.4. The molecule has 2 amide bonds. The molecule has 0 saturated carbocycles. The van der Waals surface area contributed by atoms with Gasteiger partial charge < -0.3 is 10.2 Å². The number of benzene rings is 1. The van der Waals surface area contributed by atoms with Gasteiger partial charge in [-0.25, -0.2) is 4.39 Å². The Morgan fingerprint density at radius 1 is 1.10 bits per heavy atom. The van der Waals surface area contributed by atoms with Gasteiger partial charge in [0.1, 0.15) is 12.2 Å². The molecule has 108 valence electrons. The summed E-state index contributed by atoms with van der Waals surface area (Å²) in [4.78, 5) is 25.3. The highest BCUT2D eigenvalue weighted by molar-refractivity contribution is 5.96. The maximum absolute atomic E-state index is 12.7. The van der Waals surface area contributed by atoms with E-state index in [1.807, 2.05) is 0 Å². The molecule has 0 aliphatic carbocycles. The van der Waals surface area contributed by atoms with Gasteiger partial charge in [0.05, 0.1) is 0 Å². The number of piperidine rings is 1. The van der Waals surface area contributed by atoms with Crippen molar-refractivity contribution < 1.29 is 14.0 Å². The molecular weight excluding hydrogens is 259 g/mol. The third kappa shape index (κ3) is 4.33. The number of carbonyl (C=O) groups excluding carboxylic acids is 2. The maximum Gasteiger partial charge on any atom is 0.232 e. The van der Waals surface area contributed by atoms with Crippen LogP contribution in [0.3, 0.4) is 0 Å². The van der Waals surface area contributed by atoms with Crippen LogP contribution in [0, 0.1) is 5.82 Å². The van der Waals surface area contributed by atoms with E-state index >= 15 is 0 Å². The number of rotatable bonds is 4. The monoisotopic (exact) mass is 278 g/mol. The van der Waals surface area contributed by atoms with Gasteiger partial charge in [0.15, 0.2) is 0 Å². The van der Waals surface area contributed by atoms with Crippen molar-refractivity contribution in [3.05, 3.63) is 35.6 Å². The highest BCUT2D eigenvalue weighted by Gasteiger charge is 2.18. The summed E-state index contributed by atoms with van der Waals surface area (Å²) in [6, 6.07) is 5.92. The van der Waals surface area contributed by atoms with Crippen molar-refractivity contribution in [3.63, 3.8) is 0 Å². The summed E-state index contributed by atoms with van der Waals surface area (Å²) in [5, 5.41) is 2.68. The largest absolute Gasteiger partial charge is 0.352 e. The Morgan fingerprint density at radius 2 is 1.75 bits per heavy atom. The quantitative estimate of drug-likeness (QED) is 0.854. The van der Waals surface area contributed by atoms with Crippen molar-refractivity contribution in [1.29, 1.82) is 0 Å². The van der Waals surface area contributed by atoms with Crippen LogP contribution < -0.4 is 5.32 Å². The van der Waals surface area contributed by atoms with Crippen molar-refractivity contribution in [1.82, 2.24) is 10.2 Å². The van der Waals surface area contributed by atoms with Gasteiger partial charge in [-0.2, -0.15) is 0 Å². The van der Waals surface area contributed by atoms with Gasteiger partial charge in [-0.05, 0) is 37.0 Å². The lowest BCUT2D eigenvalue weighted by molar-refractivity contribution is -0.136. The van der Waals surface area contributed by atoms with Crippen LogP contribution in [-0.2, 0) is 16.1 Å². The number of amides is 2. The second-order valence-corrected chi connectivity index (χ2v) is 5.02. The smallest absolute Gasteiger partial charge is 0.232 e. The molecule has 0 aromatic heterocycles. The van der Waals surface area contributed by atoms with Crippen LogP contribution in [0.2, 0.25) is 0 Å². The summed E-state index contributed by atoms with van der Waals surface area (Å²) >= 11 is 0. The first-order valence-corrected chi connectivity index (χ1v) is 6.94. The van der Waals surface area contributed by atoms with E-state index in [0.717, 1.165) is 37.9 Å². The van der Waals surface area contributed by atoms with Gasteiger partial charge in [0.25, 0.3) is 0 Å². The lowest BCUT2D eigenvalue weighted by atomic mass is 10.1. The standard InChI is InChI=1S/C15H19FN2O2/c16-13-6-4-12(5-7-13)11-17-14(19)10-15(20)18-8-2-1-3-9-18/h4-7H,1-3,8-11H2,(H,17,19). The number of nitrogens with zero attached hydrogens (tertiary/aromatic N) is 1. The fourth-order valence-electron chi connectivity index (χ4n) is 2.26. The molecule has 1 aromatic rings. The van der Waals surface area contributed by atoms with Gasteiger partial charge in [-0.1, -0.05) is 12.1 Å². The van der Waals surface area contributed by atoms with Gasteiger partial charge in [0, 0.05) is 19.6 Å². The Labute approximate surface area is 118 Å². The number of halogens is 1. The van der Waals surface area contributed by atoms with E-state index in [2.05, 4.69) is 5.32 Å². The average molecular weight is 278 g/mol. The van der Waals surface area contributed by atoms with Crippen LogP contribution in [0.15, 0.2) is 24.3 Å². The minimum absolute atomic E-state index is 0.110. The predicted octanol–water partition coefficient (Wildman–Crippen LogP) is 1.84. The summed E-state index contributed by atoms with van der Waals surface area (Å²) in [6.45, 7) is 1.82. The Morgan fingerprint density at radius 3 is 2.40 bits per heavy atom. The van der Waals surface area contributed by atoms with E-state index in [-0.39, 0.29) is 24.1 Å². The third-order valence-corrected chi connectivity index (χ3v) is 3.42. The Bertz CT molecular complexity index is 467. The van der Waals surface area contributed by atoms with E-state index in [1.54, 1.807) is 17.0 Å². The Hall–Kier alpha value is -1.91. The molecule has 1 heterocycles. The number of carbonyl (C=O) groups is 2. The van der Waals surface area contributed by atoms with E-state index in [0.29, 0.717) is 6.54 Å². The molecule has 2 rings (SSSR count). The molecule has 1 aliphatic rings. The molecule has 20 heavy (non-hydrogen) atoms. The third-order valence-electron chi connectivity index (χ3n) is 3.42. The van der Waals surface area contributed by atoms with Crippen molar-refractivity contribution in [3.8, 4) is 0 Å². The van der Waals surface area contributed by atoms with Crippen LogP contribution in [-0.4, -0.2) is 29.8 Å². The number of likely N-dealkylation sites (tertiary alicyclic amines) is 1. The first kappa shape index (κ1) is 14.5. The zero-order chi connectivity index (χ0) is 14.4. The number of hydrogen-bond acceptors (Lipinski definition) is 2. The summed E-state index contributed by atoms with van der Waals surface area (Å²) in [5.41, 5.74) is 0.810. The van der Waals surface area contributed by atoms with Crippen molar-refractivity contribution in [2.75, 3.05) is 13.1 Å². The molecule has 5 heteroatoms. The summed E-state index contributed by atoms with van der Waals surface area (Å²) in [7, 11) is 0. The molecule has 1 aliphatic heterocycles. The van der Waals surface area contributed by atoms with Gasteiger partial charge >= 0.3 is 0 Å². The fraction of sp³-hybridized carbons (Fsp3) is 0.467. The second kappa shape index (κ2) is 7.03. The topological polar surface area (TPSA) is 49.4 Å². The molecule has 4 nitrogen and oxygen atoms in total. The fourth-order valence-corrected chi connectivity index (χ4v) is 2.26. The lowest BCUT2D eigenvalue weighted by Crippen LogP contribution is -2.38. The van der Waals surface area contributed by atoms with E-state index < -0.39 is 0 Å². The van der Waals surface area contributed by atoms with Gasteiger partial charge in [-0.15, -0.1) is 0 Å². The Kier molecular flexibility index (Phi) is 5.09. The molecule has 1 aromatic carbocycles. The zero-order valence-electron chi connectivity index (χ0n) is 11.4. The van der Waals surface area contributed by atoms with Crippen LogP contribution in [0.25, 0.3) is 0 Å². The lowest BCUT2D eigenvalue weighted by Gasteiger charge is -2.26. The SMILES string of the molecule is O=C(CC(=O)N1CCCCC1)NCc1ccc(F)cc1. The molecule has 1 N–H and O–H groups in total. The van der Waals surface area contributed by atoms with E-state index in [4.69, 9.17) is 0 Å². The maximum atomic E-state index is 12.7. The van der Waals surface area contributed by atoms with Crippen LogP contribution in [0.4, 0.5) is 4.39 Å². The summed E-state index contributed by atoms with van der Waals surface area (Å²) in [5.74, 6) is -0.702. The van der Waals surface area contributed by atoms with E-state index in [9.17, 15) is 14.0 Å². The second-order valence-electron chi connectivity index (χ2n) is 5.02.